The van der Waals surface area contributed by atoms with Gasteiger partial charge in [0.05, 0.1) is 10.4 Å². The van der Waals surface area contributed by atoms with Crippen molar-refractivity contribution in [2.24, 2.45) is 7.05 Å². The van der Waals surface area contributed by atoms with Gasteiger partial charge in [0.2, 0.25) is 0 Å². The van der Waals surface area contributed by atoms with Crippen LogP contribution >= 0.6 is 10.7 Å². The van der Waals surface area contributed by atoms with Gasteiger partial charge in [-0.05, 0) is 30.7 Å². The molecule has 0 fully saturated rings. The molecule has 1 aromatic heterocycles. The van der Waals surface area contributed by atoms with E-state index >= 15 is 0 Å². The fourth-order valence-electron chi connectivity index (χ4n) is 1.75. The summed E-state index contributed by atoms with van der Waals surface area (Å²) in [6.07, 6.45) is 0. The van der Waals surface area contributed by atoms with Crippen LogP contribution < -0.4 is 5.56 Å². The van der Waals surface area contributed by atoms with E-state index in [0.29, 0.717) is 10.9 Å². The van der Waals surface area contributed by atoms with Crippen molar-refractivity contribution in [2.45, 2.75) is 11.8 Å². The lowest BCUT2D eigenvalue weighted by Crippen LogP contribution is -2.16. The molecule has 0 spiro atoms. The lowest BCUT2D eigenvalue weighted by Gasteiger charge is -2.08. The molecule has 0 unspecified atom stereocenters. The smallest absolute Gasteiger partial charge is 0.261 e. The topological polar surface area (TPSA) is 56.1 Å². The van der Waals surface area contributed by atoms with E-state index in [2.05, 4.69) is 0 Å². The Morgan fingerprint density at radius 2 is 1.88 bits per heavy atom. The normalized spacial score (nSPS) is 11.9. The Hall–Kier alpha value is -1.33. The van der Waals surface area contributed by atoms with Crippen molar-refractivity contribution in [1.82, 2.24) is 4.57 Å². The number of hydrogen-bond acceptors (Lipinski definition) is 3. The highest BCUT2D eigenvalue weighted by molar-refractivity contribution is 8.13. The quantitative estimate of drug-likeness (QED) is 0.743. The minimum atomic E-state index is -3.75. The van der Waals surface area contributed by atoms with Gasteiger partial charge in [0, 0.05) is 29.2 Å². The fourth-order valence-corrected chi connectivity index (χ4v) is 2.53. The van der Waals surface area contributed by atoms with Crippen LogP contribution in [0.4, 0.5) is 0 Å². The Morgan fingerprint density at radius 1 is 1.24 bits per heavy atom. The lowest BCUT2D eigenvalue weighted by atomic mass is 10.1. The van der Waals surface area contributed by atoms with E-state index in [1.54, 1.807) is 20.0 Å². The van der Waals surface area contributed by atoms with Crippen LogP contribution in [-0.4, -0.2) is 13.0 Å². The minimum absolute atomic E-state index is 0.0356. The van der Waals surface area contributed by atoms with Crippen LogP contribution in [0.5, 0.6) is 0 Å². The van der Waals surface area contributed by atoms with Crippen molar-refractivity contribution >= 4 is 30.6 Å². The molecule has 0 aliphatic rings. The van der Waals surface area contributed by atoms with E-state index < -0.39 is 9.05 Å². The summed E-state index contributed by atoms with van der Waals surface area (Å²) in [5.41, 5.74) is 1.28. The van der Waals surface area contributed by atoms with Gasteiger partial charge in [0.25, 0.3) is 14.6 Å². The van der Waals surface area contributed by atoms with E-state index in [1.807, 2.05) is 0 Å². The summed E-state index contributed by atoms with van der Waals surface area (Å²) in [6.45, 7) is 1.76. The van der Waals surface area contributed by atoms with Gasteiger partial charge < -0.3 is 4.57 Å². The van der Waals surface area contributed by atoms with Gasteiger partial charge in [0.1, 0.15) is 0 Å². The Labute approximate surface area is 103 Å². The molecule has 6 heteroatoms. The molecule has 90 valence electrons. The molecule has 1 heterocycles. The van der Waals surface area contributed by atoms with Crippen LogP contribution in [0.1, 0.15) is 5.56 Å². The van der Waals surface area contributed by atoms with Crippen molar-refractivity contribution in [3.05, 3.63) is 40.2 Å². The first-order valence-corrected chi connectivity index (χ1v) is 7.17. The van der Waals surface area contributed by atoms with Crippen LogP contribution in [0.15, 0.2) is 34.0 Å². The summed E-state index contributed by atoms with van der Waals surface area (Å²) in [6, 6.07) is 5.92. The van der Waals surface area contributed by atoms with E-state index in [0.717, 1.165) is 5.56 Å². The molecule has 0 radical (unpaired) electrons. The van der Waals surface area contributed by atoms with Crippen molar-refractivity contribution < 1.29 is 8.42 Å². The summed E-state index contributed by atoms with van der Waals surface area (Å²) in [4.78, 5) is 11.6. The van der Waals surface area contributed by atoms with Crippen molar-refractivity contribution in [3.63, 3.8) is 0 Å². The van der Waals surface area contributed by atoms with Crippen molar-refractivity contribution in [3.8, 4) is 0 Å². The molecule has 2 aromatic rings. The van der Waals surface area contributed by atoms with Gasteiger partial charge in [0.15, 0.2) is 0 Å². The average Bonchev–Trinajstić information content (AvgIpc) is 2.24. The summed E-state index contributed by atoms with van der Waals surface area (Å²) in [7, 11) is 3.17. The minimum Gasteiger partial charge on any atom is -0.311 e. The van der Waals surface area contributed by atoms with Gasteiger partial charge >= 0.3 is 0 Å². The number of rotatable bonds is 1. The highest BCUT2D eigenvalue weighted by atomic mass is 35.7. The fraction of sp³-hybridized carbons (Fsp3) is 0.182. The van der Waals surface area contributed by atoms with Crippen molar-refractivity contribution in [2.75, 3.05) is 0 Å². The molecule has 0 saturated carbocycles. The Kier molecular flexibility index (Phi) is 2.75. The second-order valence-electron chi connectivity index (χ2n) is 3.84. The SMILES string of the molecule is Cc1cc(=O)n(C)c2ccc(S(=O)(=O)Cl)cc12. The molecule has 17 heavy (non-hydrogen) atoms. The number of fused-ring (bicyclic) bond motifs is 1. The van der Waals surface area contributed by atoms with Crippen molar-refractivity contribution in [1.29, 1.82) is 0 Å². The standard InChI is InChI=1S/C11H10ClNO3S/c1-7-5-11(14)13(2)10-4-3-8(6-9(7)10)17(12,15)16/h3-6H,1-2H3. The highest BCUT2D eigenvalue weighted by Gasteiger charge is 2.12. The average molecular weight is 272 g/mol. The number of benzene rings is 1. The third-order valence-electron chi connectivity index (χ3n) is 2.71. The number of pyridine rings is 1. The molecular formula is C11H10ClNO3S. The number of nitrogens with zero attached hydrogens (tertiary/aromatic N) is 1. The number of halogens is 1. The maximum Gasteiger partial charge on any atom is 0.261 e. The molecular weight excluding hydrogens is 262 g/mol. The largest absolute Gasteiger partial charge is 0.311 e. The van der Waals surface area contributed by atoms with Gasteiger partial charge in [-0.3, -0.25) is 4.79 Å². The summed E-state index contributed by atoms with van der Waals surface area (Å²) >= 11 is 0. The maximum atomic E-state index is 11.6. The van der Waals surface area contributed by atoms with E-state index in [1.165, 1.54) is 22.8 Å². The zero-order valence-corrected chi connectivity index (χ0v) is 10.8. The van der Waals surface area contributed by atoms with Gasteiger partial charge in [-0.2, -0.15) is 0 Å². The van der Waals surface area contributed by atoms with Gasteiger partial charge in [-0.25, -0.2) is 8.42 Å². The van der Waals surface area contributed by atoms with Gasteiger partial charge in [-0.1, -0.05) is 0 Å². The van der Waals surface area contributed by atoms with Crippen LogP contribution in [0.3, 0.4) is 0 Å². The first-order valence-electron chi connectivity index (χ1n) is 4.86. The first kappa shape index (κ1) is 12.1. The highest BCUT2D eigenvalue weighted by Crippen LogP contribution is 2.22. The van der Waals surface area contributed by atoms with Crippen LogP contribution in [-0.2, 0) is 16.1 Å². The van der Waals surface area contributed by atoms with Gasteiger partial charge in [-0.15, -0.1) is 0 Å². The zero-order valence-electron chi connectivity index (χ0n) is 9.27. The van der Waals surface area contributed by atoms with E-state index in [9.17, 15) is 13.2 Å². The molecule has 2 rings (SSSR count). The second-order valence-corrected chi connectivity index (χ2v) is 6.41. The Balaban J connectivity index is 2.94. The van der Waals surface area contributed by atoms with E-state index in [-0.39, 0.29) is 10.5 Å². The van der Waals surface area contributed by atoms with Crippen LogP contribution in [0.2, 0.25) is 0 Å². The molecule has 0 aliphatic carbocycles. The number of aryl methyl sites for hydroxylation is 2. The molecule has 0 saturated heterocycles. The molecule has 0 atom stereocenters. The molecule has 4 nitrogen and oxygen atoms in total. The first-order chi connectivity index (χ1) is 7.80. The monoisotopic (exact) mass is 271 g/mol. The summed E-state index contributed by atoms with van der Waals surface area (Å²) in [5, 5.41) is 0.703. The summed E-state index contributed by atoms with van der Waals surface area (Å²) in [5.74, 6) is 0. The van der Waals surface area contributed by atoms with Crippen LogP contribution in [0, 0.1) is 6.92 Å². The predicted molar refractivity (Wildman–Crippen MR) is 67.0 cm³/mol. The Bertz CT molecular complexity index is 762. The predicted octanol–water partition coefficient (Wildman–Crippen LogP) is 1.77. The molecule has 0 N–H and O–H groups in total. The second kappa shape index (κ2) is 3.85. The molecule has 0 bridgehead atoms. The lowest BCUT2D eigenvalue weighted by molar-refractivity contribution is 0.609. The molecule has 0 aliphatic heterocycles. The van der Waals surface area contributed by atoms with Crippen LogP contribution in [0.25, 0.3) is 10.9 Å². The van der Waals surface area contributed by atoms with E-state index in [4.69, 9.17) is 10.7 Å². The third kappa shape index (κ3) is 2.08. The summed E-state index contributed by atoms with van der Waals surface area (Å²) < 4.78 is 23.9. The third-order valence-corrected chi connectivity index (χ3v) is 4.06. The number of hydrogen-bond donors (Lipinski definition) is 0. The Morgan fingerprint density at radius 3 is 2.47 bits per heavy atom. The molecule has 0 amide bonds. The number of aromatic nitrogens is 1. The zero-order chi connectivity index (χ0) is 12.8. The molecule has 1 aromatic carbocycles. The maximum absolute atomic E-state index is 11.6.